The van der Waals surface area contributed by atoms with Crippen LogP contribution in [0.2, 0.25) is 5.82 Å². The lowest BCUT2D eigenvalue weighted by atomic mass is 9.64. The van der Waals surface area contributed by atoms with Gasteiger partial charge in [0.1, 0.15) is 0 Å². The van der Waals surface area contributed by atoms with Crippen LogP contribution in [0.4, 0.5) is 12.9 Å². The van der Waals surface area contributed by atoms with Crippen LogP contribution in [0.5, 0.6) is 0 Å². The molecule has 0 radical (unpaired) electrons. The van der Waals surface area contributed by atoms with E-state index >= 15 is 0 Å². The van der Waals surface area contributed by atoms with Gasteiger partial charge < -0.3 is 12.9 Å². The monoisotopic (exact) mass is 163 g/mol. The minimum absolute atomic E-state index is 0.000000000000000444. The maximum atomic E-state index is 12.3. The fourth-order valence-corrected chi connectivity index (χ4v) is 2.76. The first-order valence-electron chi connectivity index (χ1n) is 4.27. The Bertz CT molecular complexity index is 166. The van der Waals surface area contributed by atoms with Crippen molar-refractivity contribution in [3.05, 3.63) is 0 Å². The van der Waals surface area contributed by atoms with Crippen LogP contribution in [0, 0.1) is 11.8 Å². The normalized spacial score (nSPS) is 43.4. The molecule has 0 aromatic carbocycles. The van der Waals surface area contributed by atoms with Crippen molar-refractivity contribution >= 4 is 6.98 Å². The van der Waals surface area contributed by atoms with Crippen molar-refractivity contribution in [3.63, 3.8) is 0 Å². The standard InChI is InChI=1S/C7H11BF3/c9-8(10,11)7-4-5-1-2-6(7)3-5/h5-7H,1-4H2/q-1/t5-,6-,7+/m0/s1. The van der Waals surface area contributed by atoms with Crippen LogP contribution in [0.3, 0.4) is 0 Å². The van der Waals surface area contributed by atoms with Crippen LogP contribution in [-0.2, 0) is 0 Å². The average molecular weight is 163 g/mol. The van der Waals surface area contributed by atoms with Gasteiger partial charge in [-0.2, -0.15) is 0 Å². The van der Waals surface area contributed by atoms with Crippen LogP contribution < -0.4 is 0 Å². The minimum Gasteiger partial charge on any atom is -0.449 e. The lowest BCUT2D eigenvalue weighted by molar-refractivity contribution is 0.361. The first kappa shape index (κ1) is 7.50. The topological polar surface area (TPSA) is 0 Å². The van der Waals surface area contributed by atoms with Gasteiger partial charge in [0.2, 0.25) is 0 Å². The first-order chi connectivity index (χ1) is 5.07. The molecule has 11 heavy (non-hydrogen) atoms. The molecule has 2 aliphatic rings. The lowest BCUT2D eigenvalue weighted by Gasteiger charge is -2.30. The van der Waals surface area contributed by atoms with Gasteiger partial charge in [0.25, 0.3) is 0 Å². The van der Waals surface area contributed by atoms with E-state index < -0.39 is 12.8 Å². The van der Waals surface area contributed by atoms with Crippen LogP contribution in [-0.4, -0.2) is 6.98 Å². The molecule has 2 bridgehead atoms. The number of rotatable bonds is 1. The maximum Gasteiger partial charge on any atom is 0.481 e. The van der Waals surface area contributed by atoms with Gasteiger partial charge in [-0.25, -0.2) is 0 Å². The van der Waals surface area contributed by atoms with E-state index in [4.69, 9.17) is 0 Å². The van der Waals surface area contributed by atoms with Crippen molar-refractivity contribution < 1.29 is 12.9 Å². The summed E-state index contributed by atoms with van der Waals surface area (Å²) in [5.74, 6) is -0.484. The zero-order chi connectivity index (χ0) is 8.06. The van der Waals surface area contributed by atoms with Crippen molar-refractivity contribution in [3.8, 4) is 0 Å². The second-order valence-corrected chi connectivity index (χ2v) is 3.96. The SMILES string of the molecule is F[B-](F)(F)[C@@H]1C[C@H]2CC[C@H]1C2. The van der Waals surface area contributed by atoms with E-state index in [1.165, 1.54) is 0 Å². The number of halogens is 3. The third-order valence-corrected chi connectivity index (χ3v) is 3.28. The minimum atomic E-state index is -4.53. The summed E-state index contributed by atoms with van der Waals surface area (Å²) in [6.45, 7) is -4.53. The molecular formula is C7H11BF3-. The average Bonchev–Trinajstić information content (AvgIpc) is 2.42. The number of fused-ring (bicyclic) bond motifs is 2. The second kappa shape index (κ2) is 2.17. The molecule has 0 aromatic rings. The van der Waals surface area contributed by atoms with Crippen molar-refractivity contribution in [2.45, 2.75) is 31.5 Å². The van der Waals surface area contributed by atoms with E-state index in [-0.39, 0.29) is 5.92 Å². The molecular weight excluding hydrogens is 152 g/mol. The van der Waals surface area contributed by atoms with Gasteiger partial charge in [0, 0.05) is 0 Å². The summed E-state index contributed by atoms with van der Waals surface area (Å²) in [6, 6.07) is 0. The molecule has 2 aliphatic carbocycles. The van der Waals surface area contributed by atoms with E-state index in [0.717, 1.165) is 19.3 Å². The Balaban J connectivity index is 2.08. The van der Waals surface area contributed by atoms with Crippen molar-refractivity contribution in [1.82, 2.24) is 0 Å². The molecule has 2 fully saturated rings. The molecule has 2 saturated carbocycles. The Hall–Kier alpha value is -0.145. The zero-order valence-electron chi connectivity index (χ0n) is 6.27. The van der Waals surface area contributed by atoms with E-state index in [9.17, 15) is 12.9 Å². The summed E-state index contributed by atoms with van der Waals surface area (Å²) in [5, 5.41) is 0. The molecule has 0 aliphatic heterocycles. The largest absolute Gasteiger partial charge is 0.481 e. The van der Waals surface area contributed by atoms with Gasteiger partial charge in [0.15, 0.2) is 0 Å². The van der Waals surface area contributed by atoms with Gasteiger partial charge in [-0.1, -0.05) is 37.4 Å². The summed E-state index contributed by atoms with van der Waals surface area (Å²) in [7, 11) is 0. The van der Waals surface area contributed by atoms with Gasteiger partial charge in [-0.15, -0.1) is 0 Å². The third-order valence-electron chi connectivity index (χ3n) is 3.28. The predicted molar refractivity (Wildman–Crippen MR) is 38.3 cm³/mol. The zero-order valence-corrected chi connectivity index (χ0v) is 6.27. The molecule has 0 amide bonds. The van der Waals surface area contributed by atoms with E-state index in [2.05, 4.69) is 0 Å². The van der Waals surface area contributed by atoms with Gasteiger partial charge in [-0.05, 0) is 5.92 Å². The van der Waals surface area contributed by atoms with E-state index in [0.29, 0.717) is 12.3 Å². The summed E-state index contributed by atoms with van der Waals surface area (Å²) in [6.07, 6.45) is 3.17. The molecule has 0 aromatic heterocycles. The molecule has 2 rings (SSSR count). The highest BCUT2D eigenvalue weighted by Gasteiger charge is 2.48. The van der Waals surface area contributed by atoms with Gasteiger partial charge in [0.05, 0.1) is 0 Å². The Morgan fingerprint density at radius 3 is 2.00 bits per heavy atom. The summed E-state index contributed by atoms with van der Waals surface area (Å²) in [5.41, 5.74) is 0. The number of hydrogen-bond donors (Lipinski definition) is 0. The Morgan fingerprint density at radius 2 is 1.73 bits per heavy atom. The van der Waals surface area contributed by atoms with Crippen LogP contribution >= 0.6 is 0 Å². The van der Waals surface area contributed by atoms with Crippen LogP contribution in [0.25, 0.3) is 0 Å². The first-order valence-corrected chi connectivity index (χ1v) is 4.27. The summed E-state index contributed by atoms with van der Waals surface area (Å²) < 4.78 is 36.8. The molecule has 0 saturated heterocycles. The van der Waals surface area contributed by atoms with Crippen molar-refractivity contribution in [2.75, 3.05) is 0 Å². The number of hydrogen-bond acceptors (Lipinski definition) is 0. The fourth-order valence-electron chi connectivity index (χ4n) is 2.76. The molecule has 0 nitrogen and oxygen atoms in total. The molecule has 0 N–H and O–H groups in total. The second-order valence-electron chi connectivity index (χ2n) is 3.96. The Morgan fingerprint density at radius 1 is 1.00 bits per heavy atom. The highest BCUT2D eigenvalue weighted by Crippen LogP contribution is 2.56. The van der Waals surface area contributed by atoms with Crippen molar-refractivity contribution in [2.24, 2.45) is 11.8 Å². The molecule has 0 unspecified atom stereocenters. The summed E-state index contributed by atoms with van der Waals surface area (Å²) >= 11 is 0. The maximum absolute atomic E-state index is 12.3. The van der Waals surface area contributed by atoms with Crippen molar-refractivity contribution in [1.29, 1.82) is 0 Å². The molecule has 64 valence electrons. The predicted octanol–water partition coefficient (Wildman–Crippen LogP) is 3.02. The molecule has 0 spiro atoms. The van der Waals surface area contributed by atoms with Gasteiger partial charge in [-0.3, -0.25) is 0 Å². The Labute approximate surface area is 64.2 Å². The molecule has 4 heteroatoms. The van der Waals surface area contributed by atoms with Crippen LogP contribution in [0.15, 0.2) is 0 Å². The van der Waals surface area contributed by atoms with E-state index in [1.807, 2.05) is 0 Å². The quantitative estimate of drug-likeness (QED) is 0.521. The van der Waals surface area contributed by atoms with Gasteiger partial charge >= 0.3 is 6.98 Å². The lowest BCUT2D eigenvalue weighted by Crippen LogP contribution is -2.28. The third kappa shape index (κ3) is 1.16. The van der Waals surface area contributed by atoms with Crippen LogP contribution in [0.1, 0.15) is 25.7 Å². The smallest absolute Gasteiger partial charge is 0.449 e. The highest BCUT2D eigenvalue weighted by molar-refractivity contribution is 6.60. The molecule has 3 atom stereocenters. The Kier molecular flexibility index (Phi) is 1.48. The molecule has 0 heterocycles. The van der Waals surface area contributed by atoms with E-state index in [1.54, 1.807) is 0 Å². The summed E-state index contributed by atoms with van der Waals surface area (Å²) in [4.78, 5) is 0. The highest BCUT2D eigenvalue weighted by atomic mass is 19.4. The fraction of sp³-hybridized carbons (Fsp3) is 1.00.